The number of hydrogen-bond donors (Lipinski definition) is 4. The van der Waals surface area contributed by atoms with Crippen LogP contribution in [0, 0.1) is 0 Å². The molecular weight excluding hydrogens is 459 g/mol. The summed E-state index contributed by atoms with van der Waals surface area (Å²) in [5.74, 6) is -1.15. The summed E-state index contributed by atoms with van der Waals surface area (Å²) >= 11 is 0. The lowest BCUT2D eigenvalue weighted by Gasteiger charge is -2.14. The number of carbonyl (C=O) groups is 2. The van der Waals surface area contributed by atoms with Crippen LogP contribution in [-0.4, -0.2) is 16.4 Å². The number of carbonyl (C=O) groups excluding carboxylic acids is 2. The van der Waals surface area contributed by atoms with Crippen LogP contribution >= 0.6 is 0 Å². The third-order valence-electron chi connectivity index (χ3n) is 5.57. The number of nitrogens with one attached hydrogen (secondary N) is 1. The fourth-order valence-electron chi connectivity index (χ4n) is 3.76. The molecule has 35 heavy (non-hydrogen) atoms. The zero-order chi connectivity index (χ0) is 25.3. The zero-order valence-corrected chi connectivity index (χ0v) is 18.3. The molecule has 10 heteroatoms. The second-order valence-electron chi connectivity index (χ2n) is 8.05. The van der Waals surface area contributed by atoms with E-state index in [-0.39, 0.29) is 17.9 Å². The average molecular weight is 481 g/mol. The van der Waals surface area contributed by atoms with E-state index in [0.29, 0.717) is 16.6 Å². The van der Waals surface area contributed by atoms with E-state index in [4.69, 9.17) is 17.2 Å². The summed E-state index contributed by atoms with van der Waals surface area (Å²) in [5, 5.41) is 3.27. The molecule has 4 aromatic rings. The van der Waals surface area contributed by atoms with Crippen molar-refractivity contribution < 1.29 is 22.8 Å². The Morgan fingerprint density at radius 1 is 0.943 bits per heavy atom. The maximum Gasteiger partial charge on any atom is 0.416 e. The van der Waals surface area contributed by atoms with Crippen LogP contribution < -0.4 is 22.5 Å². The smallest absolute Gasteiger partial charge is 0.366 e. The number of anilines is 1. The second kappa shape index (κ2) is 9.24. The highest BCUT2D eigenvalue weighted by Gasteiger charge is 2.30. The van der Waals surface area contributed by atoms with Gasteiger partial charge >= 0.3 is 6.18 Å². The number of benzene rings is 3. The summed E-state index contributed by atoms with van der Waals surface area (Å²) in [5.41, 5.74) is 18.7. The summed E-state index contributed by atoms with van der Waals surface area (Å²) in [6, 6.07) is 17.9. The van der Waals surface area contributed by atoms with Crippen LogP contribution in [0.25, 0.3) is 10.9 Å². The van der Waals surface area contributed by atoms with Gasteiger partial charge < -0.3 is 27.1 Å². The highest BCUT2D eigenvalue weighted by molar-refractivity contribution is 6.06. The minimum Gasteiger partial charge on any atom is -0.366 e. The molecule has 0 fully saturated rings. The van der Waals surface area contributed by atoms with Gasteiger partial charge in [0.15, 0.2) is 0 Å². The maximum atomic E-state index is 13.2. The number of amides is 2. The van der Waals surface area contributed by atoms with E-state index in [0.717, 1.165) is 23.1 Å². The highest BCUT2D eigenvalue weighted by atomic mass is 19.4. The quantitative estimate of drug-likeness (QED) is 0.311. The summed E-state index contributed by atoms with van der Waals surface area (Å²) in [4.78, 5) is 24.6. The molecule has 0 aliphatic carbocycles. The largest absolute Gasteiger partial charge is 0.416 e. The zero-order valence-electron chi connectivity index (χ0n) is 18.3. The molecule has 2 amide bonds. The van der Waals surface area contributed by atoms with Crippen LogP contribution in [0.4, 0.5) is 18.9 Å². The van der Waals surface area contributed by atoms with Gasteiger partial charge in [0.25, 0.3) is 5.91 Å². The summed E-state index contributed by atoms with van der Waals surface area (Å²) in [6.45, 7) is 0.233. The molecular formula is C25H22F3N5O2. The van der Waals surface area contributed by atoms with Gasteiger partial charge in [0.2, 0.25) is 5.91 Å². The van der Waals surface area contributed by atoms with E-state index in [9.17, 15) is 22.8 Å². The van der Waals surface area contributed by atoms with Crippen molar-refractivity contribution in [2.24, 2.45) is 17.2 Å². The molecule has 7 nitrogen and oxygen atoms in total. The van der Waals surface area contributed by atoms with Gasteiger partial charge in [-0.25, -0.2) is 0 Å². The molecule has 0 radical (unpaired) electrons. The third kappa shape index (κ3) is 5.18. The molecule has 4 rings (SSSR count). The number of hydrogen-bond acceptors (Lipinski definition) is 4. The van der Waals surface area contributed by atoms with Crippen LogP contribution in [0.5, 0.6) is 0 Å². The molecule has 0 saturated carbocycles. The number of nitrogens with zero attached hydrogens (tertiary/aromatic N) is 1. The number of rotatable bonds is 6. The molecule has 0 atom stereocenters. The lowest BCUT2D eigenvalue weighted by molar-refractivity contribution is -0.137. The molecule has 0 saturated heterocycles. The van der Waals surface area contributed by atoms with E-state index in [2.05, 4.69) is 5.32 Å². The van der Waals surface area contributed by atoms with Gasteiger partial charge in [-0.3, -0.25) is 9.59 Å². The molecule has 0 unspecified atom stereocenters. The van der Waals surface area contributed by atoms with E-state index in [1.165, 1.54) is 12.1 Å². The van der Waals surface area contributed by atoms with Crippen LogP contribution in [0.1, 0.15) is 43.7 Å². The standard InChI is InChI=1S/C25H22F3N5O2/c26-25(27,28)18-2-1-3-19(12-18)32-24(35)21-10-16-8-9-17(22(29)30)11-20(16)33(21)13-14-4-6-15(7-5-14)23(31)34/h1-12,22H,13,29-30H2,(H2,31,34)(H,32,35). The Kier molecular flexibility index (Phi) is 6.33. The fourth-order valence-corrected chi connectivity index (χ4v) is 3.76. The molecule has 0 aliphatic rings. The van der Waals surface area contributed by atoms with Gasteiger partial charge in [0.05, 0.1) is 11.7 Å². The first-order valence-corrected chi connectivity index (χ1v) is 10.5. The lowest BCUT2D eigenvalue weighted by Crippen LogP contribution is -2.20. The molecule has 0 bridgehead atoms. The molecule has 7 N–H and O–H groups in total. The first-order valence-electron chi connectivity index (χ1n) is 10.5. The average Bonchev–Trinajstić information content (AvgIpc) is 3.16. The van der Waals surface area contributed by atoms with Gasteiger partial charge in [-0.15, -0.1) is 0 Å². The second-order valence-corrected chi connectivity index (χ2v) is 8.05. The van der Waals surface area contributed by atoms with Gasteiger partial charge in [0.1, 0.15) is 5.69 Å². The van der Waals surface area contributed by atoms with E-state index >= 15 is 0 Å². The Morgan fingerprint density at radius 3 is 2.29 bits per heavy atom. The van der Waals surface area contributed by atoms with Crippen LogP contribution in [0.2, 0.25) is 0 Å². The summed E-state index contributed by atoms with van der Waals surface area (Å²) in [6.07, 6.45) is -5.27. The SMILES string of the molecule is NC(=O)c1ccc(Cn2c(C(=O)Nc3cccc(C(F)(F)F)c3)cc3ccc(C(N)N)cc32)cc1. The number of primary amides is 1. The highest BCUT2D eigenvalue weighted by Crippen LogP contribution is 2.31. The summed E-state index contributed by atoms with van der Waals surface area (Å²) in [7, 11) is 0. The minimum atomic E-state index is -4.54. The topological polar surface area (TPSA) is 129 Å². The number of halogens is 3. The van der Waals surface area contributed by atoms with E-state index < -0.39 is 29.7 Å². The molecule has 0 spiro atoms. The van der Waals surface area contributed by atoms with Crippen molar-refractivity contribution >= 4 is 28.4 Å². The molecule has 1 heterocycles. The number of nitrogens with two attached hydrogens (primary N) is 3. The molecule has 0 aliphatic heterocycles. The van der Waals surface area contributed by atoms with Crippen molar-refractivity contribution in [2.75, 3.05) is 5.32 Å². The Morgan fingerprint density at radius 2 is 1.66 bits per heavy atom. The Bertz CT molecular complexity index is 1410. The lowest BCUT2D eigenvalue weighted by atomic mass is 10.1. The van der Waals surface area contributed by atoms with Crippen LogP contribution in [0.15, 0.2) is 72.8 Å². The van der Waals surface area contributed by atoms with Crippen molar-refractivity contribution in [1.29, 1.82) is 0 Å². The molecule has 1 aromatic heterocycles. The van der Waals surface area contributed by atoms with Gasteiger partial charge in [0, 0.05) is 28.7 Å². The van der Waals surface area contributed by atoms with Gasteiger partial charge in [-0.1, -0.05) is 30.3 Å². The normalized spacial score (nSPS) is 11.7. The first kappa shape index (κ1) is 24.0. The van der Waals surface area contributed by atoms with E-state index in [1.54, 1.807) is 53.1 Å². The van der Waals surface area contributed by atoms with Crippen molar-refractivity contribution in [2.45, 2.75) is 18.9 Å². The molecule has 180 valence electrons. The van der Waals surface area contributed by atoms with Crippen LogP contribution in [-0.2, 0) is 12.7 Å². The van der Waals surface area contributed by atoms with Crippen molar-refractivity contribution in [3.63, 3.8) is 0 Å². The maximum absolute atomic E-state index is 13.2. The third-order valence-corrected chi connectivity index (χ3v) is 5.57. The molecule has 3 aromatic carbocycles. The Labute approximate surface area is 198 Å². The van der Waals surface area contributed by atoms with Crippen molar-refractivity contribution in [3.05, 3.63) is 101 Å². The minimum absolute atomic E-state index is 0.0112. The fraction of sp³-hybridized carbons (Fsp3) is 0.120. The number of fused-ring (bicyclic) bond motifs is 1. The van der Waals surface area contributed by atoms with Gasteiger partial charge in [-0.2, -0.15) is 13.2 Å². The predicted molar refractivity (Wildman–Crippen MR) is 127 cm³/mol. The van der Waals surface area contributed by atoms with E-state index in [1.807, 2.05) is 0 Å². The van der Waals surface area contributed by atoms with Crippen molar-refractivity contribution in [1.82, 2.24) is 4.57 Å². The Hall–Kier alpha value is -4.15. The number of alkyl halides is 3. The predicted octanol–water partition coefficient (Wildman–Crippen LogP) is 3.98. The van der Waals surface area contributed by atoms with Crippen molar-refractivity contribution in [3.8, 4) is 0 Å². The Balaban J connectivity index is 1.75. The number of aromatic nitrogens is 1. The van der Waals surface area contributed by atoms with Gasteiger partial charge in [-0.05, 0) is 53.6 Å². The van der Waals surface area contributed by atoms with Crippen LogP contribution in [0.3, 0.4) is 0 Å². The monoisotopic (exact) mass is 481 g/mol. The summed E-state index contributed by atoms with van der Waals surface area (Å²) < 4.78 is 41.0. The first-order chi connectivity index (χ1) is 16.5.